The molecule has 0 atom stereocenters. The van der Waals surface area contributed by atoms with Crippen molar-refractivity contribution < 1.29 is 4.79 Å². The molecule has 0 saturated heterocycles. The third-order valence-electron chi connectivity index (χ3n) is 4.06. The van der Waals surface area contributed by atoms with Crippen LogP contribution in [0.25, 0.3) is 0 Å². The number of carbonyl (C=O) groups is 1. The Bertz CT molecular complexity index is 710. The second-order valence-corrected chi connectivity index (χ2v) is 7.22. The smallest absolute Gasteiger partial charge is 0.241 e. The van der Waals surface area contributed by atoms with Crippen LogP contribution in [0.1, 0.15) is 22.9 Å². The van der Waals surface area contributed by atoms with Gasteiger partial charge in [0, 0.05) is 25.5 Å². The van der Waals surface area contributed by atoms with Crippen LogP contribution in [0.5, 0.6) is 0 Å². The molecule has 0 saturated carbocycles. The molecule has 5 nitrogen and oxygen atoms in total. The van der Waals surface area contributed by atoms with Gasteiger partial charge in [0.25, 0.3) is 0 Å². The molecule has 0 aliphatic carbocycles. The molecular formula is C20H28N4OS. The van der Waals surface area contributed by atoms with E-state index in [0.29, 0.717) is 12.5 Å². The van der Waals surface area contributed by atoms with Crippen molar-refractivity contribution in [1.29, 1.82) is 0 Å². The molecule has 0 unspecified atom stereocenters. The first kappa shape index (κ1) is 20.0. The van der Waals surface area contributed by atoms with E-state index in [-0.39, 0.29) is 12.5 Å². The molecule has 1 aromatic heterocycles. The second kappa shape index (κ2) is 10.6. The number of likely N-dealkylation sites (N-methyl/N-ethyl adjacent to an activating group) is 1. The van der Waals surface area contributed by atoms with E-state index in [9.17, 15) is 4.79 Å². The predicted molar refractivity (Wildman–Crippen MR) is 110 cm³/mol. The molecule has 0 aliphatic heterocycles. The van der Waals surface area contributed by atoms with Gasteiger partial charge in [0.1, 0.15) is 0 Å². The fourth-order valence-corrected chi connectivity index (χ4v) is 3.18. The molecule has 2 aromatic rings. The topological polar surface area (TPSA) is 56.7 Å². The number of aliphatic imine (C=N–C) groups is 1. The molecule has 2 rings (SSSR count). The van der Waals surface area contributed by atoms with Crippen LogP contribution in [0.4, 0.5) is 0 Å². The van der Waals surface area contributed by atoms with Gasteiger partial charge in [-0.25, -0.2) is 4.99 Å². The number of thiophene rings is 1. The molecule has 1 amide bonds. The van der Waals surface area contributed by atoms with Crippen molar-refractivity contribution in [1.82, 2.24) is 15.5 Å². The summed E-state index contributed by atoms with van der Waals surface area (Å²) in [6.07, 6.45) is 1.92. The zero-order chi connectivity index (χ0) is 18.8. The highest BCUT2D eigenvalue weighted by atomic mass is 32.1. The van der Waals surface area contributed by atoms with Crippen LogP contribution in [0.15, 0.2) is 46.8 Å². The normalized spacial score (nSPS) is 11.3. The monoisotopic (exact) mass is 372 g/mol. The Morgan fingerprint density at radius 3 is 2.54 bits per heavy atom. The lowest BCUT2D eigenvalue weighted by molar-refractivity contribution is -0.127. The number of rotatable bonds is 8. The molecule has 1 aromatic carbocycles. The number of hydrogen-bond acceptors (Lipinski definition) is 3. The van der Waals surface area contributed by atoms with Gasteiger partial charge in [-0.1, -0.05) is 37.3 Å². The molecule has 6 heteroatoms. The van der Waals surface area contributed by atoms with E-state index in [1.165, 1.54) is 16.0 Å². The van der Waals surface area contributed by atoms with Gasteiger partial charge in [0.05, 0.1) is 13.1 Å². The van der Waals surface area contributed by atoms with E-state index in [1.807, 2.05) is 6.07 Å². The molecular weight excluding hydrogens is 344 g/mol. The van der Waals surface area contributed by atoms with Gasteiger partial charge in [0.15, 0.2) is 5.96 Å². The Hall–Kier alpha value is -2.34. The number of amides is 1. The van der Waals surface area contributed by atoms with Crippen molar-refractivity contribution in [2.24, 2.45) is 4.99 Å². The van der Waals surface area contributed by atoms with Crippen molar-refractivity contribution in [2.45, 2.75) is 26.3 Å². The lowest BCUT2D eigenvalue weighted by atomic mass is 10.1. The van der Waals surface area contributed by atoms with Gasteiger partial charge in [-0.2, -0.15) is 0 Å². The number of nitrogens with one attached hydrogen (secondary N) is 2. The maximum absolute atomic E-state index is 11.9. The summed E-state index contributed by atoms with van der Waals surface area (Å²) in [7, 11) is 3.51. The van der Waals surface area contributed by atoms with Gasteiger partial charge < -0.3 is 15.5 Å². The van der Waals surface area contributed by atoms with Crippen LogP contribution >= 0.6 is 11.3 Å². The first-order valence-electron chi connectivity index (χ1n) is 8.91. The van der Waals surface area contributed by atoms with Crippen LogP contribution in [0.2, 0.25) is 0 Å². The van der Waals surface area contributed by atoms with Crippen molar-refractivity contribution in [3.05, 3.63) is 57.8 Å². The SMILES string of the molecule is CCc1ccccc1CN=C(NCCc1cccs1)NCC(=O)N(C)C. The van der Waals surface area contributed by atoms with Crippen LogP contribution in [0, 0.1) is 0 Å². The molecule has 0 spiro atoms. The Labute approximate surface area is 160 Å². The third-order valence-corrected chi connectivity index (χ3v) is 4.99. The van der Waals surface area contributed by atoms with Crippen molar-refractivity contribution in [2.75, 3.05) is 27.2 Å². The first-order chi connectivity index (χ1) is 12.6. The minimum atomic E-state index is 0.0201. The first-order valence-corrected chi connectivity index (χ1v) is 9.79. The van der Waals surface area contributed by atoms with Crippen LogP contribution < -0.4 is 10.6 Å². The Kier molecular flexibility index (Phi) is 8.15. The van der Waals surface area contributed by atoms with Crippen molar-refractivity contribution >= 4 is 23.2 Å². The number of aryl methyl sites for hydroxylation is 1. The molecule has 1 heterocycles. The van der Waals surface area contributed by atoms with Crippen LogP contribution in [0.3, 0.4) is 0 Å². The lowest BCUT2D eigenvalue weighted by Crippen LogP contribution is -2.43. The summed E-state index contributed by atoms with van der Waals surface area (Å²) >= 11 is 1.75. The molecule has 0 bridgehead atoms. The maximum Gasteiger partial charge on any atom is 0.241 e. The highest BCUT2D eigenvalue weighted by Crippen LogP contribution is 2.11. The molecule has 140 valence electrons. The number of hydrogen-bond donors (Lipinski definition) is 2. The fraction of sp³-hybridized carbons (Fsp3) is 0.400. The molecule has 0 radical (unpaired) electrons. The van der Waals surface area contributed by atoms with Crippen molar-refractivity contribution in [3.8, 4) is 0 Å². The van der Waals surface area contributed by atoms with Gasteiger partial charge >= 0.3 is 0 Å². The van der Waals surface area contributed by atoms with E-state index < -0.39 is 0 Å². The minimum Gasteiger partial charge on any atom is -0.356 e. The zero-order valence-electron chi connectivity index (χ0n) is 15.8. The van der Waals surface area contributed by atoms with Gasteiger partial charge in [0.2, 0.25) is 5.91 Å². The van der Waals surface area contributed by atoms with Crippen LogP contribution in [-0.4, -0.2) is 44.0 Å². The van der Waals surface area contributed by atoms with E-state index in [1.54, 1.807) is 30.3 Å². The molecule has 26 heavy (non-hydrogen) atoms. The van der Waals surface area contributed by atoms with Crippen LogP contribution in [-0.2, 0) is 24.2 Å². The third kappa shape index (κ3) is 6.52. The minimum absolute atomic E-state index is 0.0201. The molecule has 2 N–H and O–H groups in total. The van der Waals surface area contributed by atoms with Gasteiger partial charge in [-0.3, -0.25) is 4.79 Å². The highest BCUT2D eigenvalue weighted by Gasteiger charge is 2.07. The molecule has 0 aliphatic rings. The largest absolute Gasteiger partial charge is 0.356 e. The summed E-state index contributed by atoms with van der Waals surface area (Å²) in [5.41, 5.74) is 2.52. The number of benzene rings is 1. The Morgan fingerprint density at radius 2 is 1.88 bits per heavy atom. The summed E-state index contributed by atoms with van der Waals surface area (Å²) in [6.45, 7) is 3.75. The Morgan fingerprint density at radius 1 is 1.12 bits per heavy atom. The summed E-state index contributed by atoms with van der Waals surface area (Å²) < 4.78 is 0. The summed E-state index contributed by atoms with van der Waals surface area (Å²) in [4.78, 5) is 19.4. The van der Waals surface area contributed by atoms with Gasteiger partial charge in [-0.15, -0.1) is 11.3 Å². The summed E-state index contributed by atoms with van der Waals surface area (Å²) in [5, 5.41) is 8.56. The summed E-state index contributed by atoms with van der Waals surface area (Å²) in [6, 6.07) is 12.5. The number of guanidine groups is 1. The lowest BCUT2D eigenvalue weighted by Gasteiger charge is -2.15. The number of nitrogens with zero attached hydrogens (tertiary/aromatic N) is 2. The standard InChI is InChI=1S/C20H28N4OS/c1-4-16-8-5-6-9-17(16)14-22-20(23-15-19(25)24(2)3)21-12-11-18-10-7-13-26-18/h5-10,13H,4,11-12,14-15H2,1-3H3,(H2,21,22,23). The predicted octanol–water partition coefficient (Wildman–Crippen LogP) is 2.68. The number of carbonyl (C=O) groups excluding carboxylic acids is 1. The zero-order valence-corrected chi connectivity index (χ0v) is 16.6. The maximum atomic E-state index is 11.9. The van der Waals surface area contributed by atoms with E-state index >= 15 is 0 Å². The van der Waals surface area contributed by atoms with E-state index in [4.69, 9.17) is 0 Å². The highest BCUT2D eigenvalue weighted by molar-refractivity contribution is 7.09. The van der Waals surface area contributed by atoms with Gasteiger partial charge in [-0.05, 0) is 35.4 Å². The van der Waals surface area contributed by atoms with E-state index in [2.05, 4.69) is 58.3 Å². The quantitative estimate of drug-likeness (QED) is 0.553. The average Bonchev–Trinajstić information content (AvgIpc) is 3.16. The fourth-order valence-electron chi connectivity index (χ4n) is 2.47. The van der Waals surface area contributed by atoms with Crippen molar-refractivity contribution in [3.63, 3.8) is 0 Å². The Balaban J connectivity index is 1.99. The van der Waals surface area contributed by atoms with E-state index in [0.717, 1.165) is 19.4 Å². The average molecular weight is 373 g/mol. The second-order valence-electron chi connectivity index (χ2n) is 6.18. The summed E-state index contributed by atoms with van der Waals surface area (Å²) in [5.74, 6) is 0.689. The molecule has 0 fully saturated rings.